The molecule has 27 heavy (non-hydrogen) atoms. The first-order chi connectivity index (χ1) is 13.0. The molecule has 0 bridgehead atoms. The standard InChI is InChI=1S/C20H27N5O2/c1-24(2)12-13-25-19(26)15-5-3-4-14-17(23-11-10-22-9-8-21)7-6-16(18(14)15)20(25)27/h3-7,22-23H,8-13,21H2,1-2H3. The Hall–Kier alpha value is -2.48. The Morgan fingerprint density at radius 3 is 2.44 bits per heavy atom. The fourth-order valence-corrected chi connectivity index (χ4v) is 3.32. The van der Waals surface area contributed by atoms with Crippen LogP contribution in [0.25, 0.3) is 10.8 Å². The van der Waals surface area contributed by atoms with E-state index < -0.39 is 0 Å². The van der Waals surface area contributed by atoms with Crippen LogP contribution in [0.15, 0.2) is 30.3 Å². The molecular weight excluding hydrogens is 342 g/mol. The summed E-state index contributed by atoms with van der Waals surface area (Å²) in [7, 11) is 3.85. The van der Waals surface area contributed by atoms with E-state index in [0.717, 1.165) is 36.1 Å². The highest BCUT2D eigenvalue weighted by Crippen LogP contribution is 2.34. The number of nitrogens with one attached hydrogen (secondary N) is 2. The Labute approximate surface area is 159 Å². The van der Waals surface area contributed by atoms with Gasteiger partial charge in [0.2, 0.25) is 0 Å². The number of carbonyl (C=O) groups excluding carboxylic acids is 2. The maximum atomic E-state index is 12.9. The lowest BCUT2D eigenvalue weighted by Gasteiger charge is -2.28. The summed E-state index contributed by atoms with van der Waals surface area (Å²) in [6.07, 6.45) is 0. The van der Waals surface area contributed by atoms with Crippen molar-refractivity contribution in [3.05, 3.63) is 41.5 Å². The van der Waals surface area contributed by atoms with Crippen molar-refractivity contribution in [1.29, 1.82) is 0 Å². The zero-order chi connectivity index (χ0) is 19.4. The number of nitrogens with two attached hydrogens (primary N) is 1. The lowest BCUT2D eigenvalue weighted by Crippen LogP contribution is -2.43. The van der Waals surface area contributed by atoms with Gasteiger partial charge in [-0.15, -0.1) is 0 Å². The molecule has 1 heterocycles. The second kappa shape index (κ2) is 8.47. The number of hydrogen-bond donors (Lipinski definition) is 3. The minimum absolute atomic E-state index is 0.221. The third kappa shape index (κ3) is 3.95. The fourth-order valence-electron chi connectivity index (χ4n) is 3.32. The number of likely N-dealkylation sites (N-methyl/N-ethyl adjacent to an activating group) is 1. The molecule has 0 aliphatic carbocycles. The normalized spacial score (nSPS) is 13.7. The second-order valence-corrected chi connectivity index (χ2v) is 6.92. The summed E-state index contributed by atoms with van der Waals surface area (Å²) in [4.78, 5) is 29.1. The zero-order valence-corrected chi connectivity index (χ0v) is 15.9. The predicted molar refractivity (Wildman–Crippen MR) is 108 cm³/mol. The lowest BCUT2D eigenvalue weighted by molar-refractivity contribution is 0.0601. The maximum Gasteiger partial charge on any atom is 0.261 e. The Bertz CT molecular complexity index is 827. The van der Waals surface area contributed by atoms with Crippen LogP contribution in [0.4, 0.5) is 5.69 Å². The van der Waals surface area contributed by atoms with Gasteiger partial charge in [0.15, 0.2) is 0 Å². The van der Waals surface area contributed by atoms with Gasteiger partial charge in [-0.05, 0) is 32.3 Å². The van der Waals surface area contributed by atoms with Crippen LogP contribution in [-0.4, -0.2) is 75.0 Å². The van der Waals surface area contributed by atoms with E-state index in [1.54, 1.807) is 6.07 Å². The molecule has 0 radical (unpaired) electrons. The zero-order valence-electron chi connectivity index (χ0n) is 15.9. The van der Waals surface area contributed by atoms with E-state index in [-0.39, 0.29) is 11.8 Å². The van der Waals surface area contributed by atoms with Gasteiger partial charge in [-0.3, -0.25) is 14.5 Å². The first-order valence-corrected chi connectivity index (χ1v) is 9.26. The molecule has 7 nitrogen and oxygen atoms in total. The van der Waals surface area contributed by atoms with Crippen LogP contribution in [0.1, 0.15) is 20.7 Å². The molecule has 0 atom stereocenters. The molecule has 0 saturated carbocycles. The average Bonchev–Trinajstić information content (AvgIpc) is 2.66. The van der Waals surface area contributed by atoms with Gasteiger partial charge in [0.25, 0.3) is 11.8 Å². The van der Waals surface area contributed by atoms with Gasteiger partial charge in [-0.2, -0.15) is 0 Å². The monoisotopic (exact) mass is 369 g/mol. The van der Waals surface area contributed by atoms with E-state index in [1.807, 2.05) is 43.3 Å². The van der Waals surface area contributed by atoms with Crippen LogP contribution in [0.5, 0.6) is 0 Å². The second-order valence-electron chi connectivity index (χ2n) is 6.92. The topological polar surface area (TPSA) is 90.7 Å². The minimum Gasteiger partial charge on any atom is -0.383 e. The summed E-state index contributed by atoms with van der Waals surface area (Å²) >= 11 is 0. The van der Waals surface area contributed by atoms with Crippen molar-refractivity contribution in [2.45, 2.75) is 0 Å². The van der Waals surface area contributed by atoms with Gasteiger partial charge in [0.05, 0.1) is 0 Å². The Kier molecular flexibility index (Phi) is 6.05. The molecule has 2 aromatic rings. The third-order valence-electron chi connectivity index (χ3n) is 4.70. The molecule has 0 spiro atoms. The van der Waals surface area contributed by atoms with E-state index >= 15 is 0 Å². The van der Waals surface area contributed by atoms with E-state index in [2.05, 4.69) is 10.6 Å². The van der Waals surface area contributed by atoms with Crippen molar-refractivity contribution in [1.82, 2.24) is 15.1 Å². The SMILES string of the molecule is CN(C)CCN1C(=O)c2cccc3c(NCCNCCN)ccc(c23)C1=O. The average molecular weight is 369 g/mol. The molecule has 1 aliphatic heterocycles. The third-order valence-corrected chi connectivity index (χ3v) is 4.70. The summed E-state index contributed by atoms with van der Waals surface area (Å²) in [6, 6.07) is 9.36. The summed E-state index contributed by atoms with van der Waals surface area (Å²) in [5.41, 5.74) is 7.57. The first-order valence-electron chi connectivity index (χ1n) is 9.26. The molecule has 7 heteroatoms. The number of amides is 2. The molecule has 144 valence electrons. The van der Waals surface area contributed by atoms with Crippen molar-refractivity contribution < 1.29 is 9.59 Å². The molecule has 4 N–H and O–H groups in total. The van der Waals surface area contributed by atoms with Crippen LogP contribution in [0, 0.1) is 0 Å². The number of imide groups is 1. The Balaban J connectivity index is 1.90. The predicted octanol–water partition coefficient (Wildman–Crippen LogP) is 0.958. The highest BCUT2D eigenvalue weighted by atomic mass is 16.2. The number of nitrogens with zero attached hydrogens (tertiary/aromatic N) is 2. The molecular formula is C20H27N5O2. The summed E-state index contributed by atoms with van der Waals surface area (Å²) in [5.74, 6) is -0.441. The van der Waals surface area contributed by atoms with Gasteiger partial charge >= 0.3 is 0 Å². The van der Waals surface area contributed by atoms with Crippen LogP contribution in [0.3, 0.4) is 0 Å². The molecule has 0 aromatic heterocycles. The van der Waals surface area contributed by atoms with E-state index in [4.69, 9.17) is 5.73 Å². The number of carbonyl (C=O) groups is 2. The van der Waals surface area contributed by atoms with Gasteiger partial charge in [-0.1, -0.05) is 12.1 Å². The highest BCUT2D eigenvalue weighted by molar-refractivity contribution is 6.26. The molecule has 2 aromatic carbocycles. The number of rotatable bonds is 9. The molecule has 2 amide bonds. The number of hydrogen-bond acceptors (Lipinski definition) is 6. The molecule has 0 fully saturated rings. The molecule has 3 rings (SSSR count). The van der Waals surface area contributed by atoms with Crippen LogP contribution >= 0.6 is 0 Å². The van der Waals surface area contributed by atoms with E-state index in [9.17, 15) is 9.59 Å². The van der Waals surface area contributed by atoms with Gasteiger partial charge < -0.3 is 21.3 Å². The Morgan fingerprint density at radius 1 is 1.00 bits per heavy atom. The highest BCUT2D eigenvalue weighted by Gasteiger charge is 2.32. The van der Waals surface area contributed by atoms with Gasteiger partial charge in [0.1, 0.15) is 0 Å². The van der Waals surface area contributed by atoms with Crippen molar-refractivity contribution in [3.8, 4) is 0 Å². The van der Waals surface area contributed by atoms with Crippen LogP contribution in [0.2, 0.25) is 0 Å². The quantitative estimate of drug-likeness (QED) is 0.451. The largest absolute Gasteiger partial charge is 0.383 e. The van der Waals surface area contributed by atoms with Crippen LogP contribution < -0.4 is 16.4 Å². The van der Waals surface area contributed by atoms with Crippen molar-refractivity contribution in [3.63, 3.8) is 0 Å². The van der Waals surface area contributed by atoms with Crippen molar-refractivity contribution >= 4 is 28.3 Å². The van der Waals surface area contributed by atoms with Gasteiger partial charge in [-0.25, -0.2) is 0 Å². The molecule has 0 unspecified atom stereocenters. The van der Waals surface area contributed by atoms with Crippen molar-refractivity contribution in [2.75, 3.05) is 58.7 Å². The van der Waals surface area contributed by atoms with E-state index in [1.165, 1.54) is 4.90 Å². The number of benzene rings is 2. The lowest BCUT2D eigenvalue weighted by atomic mass is 9.93. The summed E-state index contributed by atoms with van der Waals surface area (Å²) < 4.78 is 0. The molecule has 1 aliphatic rings. The smallest absolute Gasteiger partial charge is 0.261 e. The Morgan fingerprint density at radius 2 is 1.74 bits per heavy atom. The number of anilines is 1. The summed E-state index contributed by atoms with van der Waals surface area (Å²) in [5, 5.41) is 8.26. The van der Waals surface area contributed by atoms with Crippen molar-refractivity contribution in [2.24, 2.45) is 5.73 Å². The van der Waals surface area contributed by atoms with Crippen LogP contribution in [-0.2, 0) is 0 Å². The maximum absolute atomic E-state index is 12.9. The summed E-state index contributed by atoms with van der Waals surface area (Å²) in [6.45, 7) is 3.92. The van der Waals surface area contributed by atoms with E-state index in [0.29, 0.717) is 30.8 Å². The molecule has 0 saturated heterocycles. The first kappa shape index (κ1) is 19.3. The fraction of sp³-hybridized carbons (Fsp3) is 0.400. The van der Waals surface area contributed by atoms with Gasteiger partial charge in [0, 0.05) is 66.9 Å². The minimum atomic E-state index is -0.221.